The van der Waals surface area contributed by atoms with Gasteiger partial charge in [-0.3, -0.25) is 9.79 Å². The zero-order chi connectivity index (χ0) is 16.2. The Balaban J connectivity index is 1.60. The number of benzene rings is 1. The number of fused-ring (bicyclic) bond motifs is 1. The first-order valence-corrected chi connectivity index (χ1v) is 8.55. The second kappa shape index (κ2) is 7.02. The Morgan fingerprint density at radius 2 is 1.91 bits per heavy atom. The van der Waals surface area contributed by atoms with Crippen molar-refractivity contribution in [1.82, 2.24) is 15.1 Å². The van der Waals surface area contributed by atoms with Crippen molar-refractivity contribution in [3.05, 3.63) is 35.4 Å². The highest BCUT2D eigenvalue weighted by atomic mass is 16.2. The van der Waals surface area contributed by atoms with Crippen LogP contribution in [0, 0.1) is 0 Å². The molecule has 1 amide bonds. The molecule has 1 saturated heterocycles. The average molecular weight is 314 g/mol. The number of amides is 1. The Hall–Kier alpha value is -2.04. The fraction of sp³-hybridized carbons (Fsp3) is 0.556. The number of piperazine rings is 1. The van der Waals surface area contributed by atoms with Gasteiger partial charge >= 0.3 is 0 Å². The molecule has 3 rings (SSSR count). The maximum absolute atomic E-state index is 11.4. The van der Waals surface area contributed by atoms with E-state index in [4.69, 9.17) is 4.99 Å². The van der Waals surface area contributed by atoms with Crippen molar-refractivity contribution < 1.29 is 4.79 Å². The summed E-state index contributed by atoms with van der Waals surface area (Å²) in [5, 5.41) is 3.40. The van der Waals surface area contributed by atoms with Gasteiger partial charge in [0.2, 0.25) is 5.91 Å². The lowest BCUT2D eigenvalue weighted by Gasteiger charge is -2.36. The van der Waals surface area contributed by atoms with Crippen molar-refractivity contribution in [2.24, 2.45) is 4.99 Å². The summed E-state index contributed by atoms with van der Waals surface area (Å²) in [5.41, 5.74) is 2.92. The molecule has 1 atom stereocenters. The number of carbonyl (C=O) groups is 1. The van der Waals surface area contributed by atoms with E-state index in [0.29, 0.717) is 5.92 Å². The summed E-state index contributed by atoms with van der Waals surface area (Å²) in [7, 11) is 0. The number of nitrogens with one attached hydrogen (secondary N) is 1. The zero-order valence-corrected chi connectivity index (χ0v) is 14.1. The van der Waals surface area contributed by atoms with Gasteiger partial charge in [-0.1, -0.05) is 24.3 Å². The number of hydrogen-bond donors (Lipinski definition) is 1. The minimum Gasteiger partial charge on any atom is -0.357 e. The number of hydrogen-bond acceptors (Lipinski definition) is 2. The van der Waals surface area contributed by atoms with Crippen molar-refractivity contribution >= 4 is 11.9 Å². The van der Waals surface area contributed by atoms with Gasteiger partial charge in [0.25, 0.3) is 0 Å². The van der Waals surface area contributed by atoms with Crippen LogP contribution in [0.3, 0.4) is 0 Å². The molecule has 1 aromatic carbocycles. The van der Waals surface area contributed by atoms with Crippen LogP contribution in [0.25, 0.3) is 0 Å². The third-order valence-corrected chi connectivity index (χ3v) is 4.78. The molecule has 2 aliphatic rings. The topological polar surface area (TPSA) is 47.9 Å². The fourth-order valence-electron chi connectivity index (χ4n) is 3.38. The van der Waals surface area contributed by atoms with E-state index in [-0.39, 0.29) is 5.91 Å². The van der Waals surface area contributed by atoms with Crippen molar-refractivity contribution in [1.29, 1.82) is 0 Å². The lowest BCUT2D eigenvalue weighted by Crippen LogP contribution is -2.53. The van der Waals surface area contributed by atoms with Gasteiger partial charge in [-0.05, 0) is 24.5 Å². The summed E-state index contributed by atoms with van der Waals surface area (Å²) < 4.78 is 0. The van der Waals surface area contributed by atoms with Gasteiger partial charge in [0.05, 0.1) is 0 Å². The van der Waals surface area contributed by atoms with Crippen LogP contribution in [0.1, 0.15) is 30.9 Å². The molecule has 1 unspecified atom stereocenters. The van der Waals surface area contributed by atoms with Crippen LogP contribution in [-0.2, 0) is 11.2 Å². The molecule has 0 spiro atoms. The molecule has 0 bridgehead atoms. The molecule has 1 heterocycles. The van der Waals surface area contributed by atoms with Crippen LogP contribution >= 0.6 is 0 Å². The van der Waals surface area contributed by atoms with Gasteiger partial charge in [0, 0.05) is 52.1 Å². The largest absolute Gasteiger partial charge is 0.357 e. The number of carbonyl (C=O) groups excluding carboxylic acids is 1. The predicted octanol–water partition coefficient (Wildman–Crippen LogP) is 1.46. The molecule has 0 aromatic heterocycles. The maximum Gasteiger partial charge on any atom is 0.219 e. The minimum atomic E-state index is 0.165. The smallest absolute Gasteiger partial charge is 0.219 e. The minimum absolute atomic E-state index is 0.165. The van der Waals surface area contributed by atoms with E-state index >= 15 is 0 Å². The van der Waals surface area contributed by atoms with Gasteiger partial charge in [-0.2, -0.15) is 0 Å². The molecule has 1 aliphatic carbocycles. The van der Waals surface area contributed by atoms with Crippen LogP contribution in [0.5, 0.6) is 0 Å². The quantitative estimate of drug-likeness (QED) is 0.679. The Morgan fingerprint density at radius 3 is 2.57 bits per heavy atom. The van der Waals surface area contributed by atoms with E-state index in [0.717, 1.165) is 51.6 Å². The van der Waals surface area contributed by atoms with E-state index in [1.165, 1.54) is 11.1 Å². The summed E-state index contributed by atoms with van der Waals surface area (Å²) in [6.07, 6.45) is 1.14. The van der Waals surface area contributed by atoms with E-state index < -0.39 is 0 Å². The Morgan fingerprint density at radius 1 is 1.22 bits per heavy atom. The van der Waals surface area contributed by atoms with Crippen LogP contribution in [-0.4, -0.2) is 60.9 Å². The van der Waals surface area contributed by atoms with Gasteiger partial charge in [-0.15, -0.1) is 0 Å². The Labute approximate surface area is 138 Å². The SMILES string of the molecule is CCNC(=NCC1Cc2ccccc21)N1CCN(C(C)=O)CC1. The lowest BCUT2D eigenvalue weighted by molar-refractivity contribution is -0.130. The molecule has 0 radical (unpaired) electrons. The Kier molecular flexibility index (Phi) is 4.84. The summed E-state index contributed by atoms with van der Waals surface area (Å²) in [4.78, 5) is 20.5. The highest BCUT2D eigenvalue weighted by Gasteiger charge is 2.26. The first-order valence-electron chi connectivity index (χ1n) is 8.55. The number of aliphatic imine (C=N–C) groups is 1. The Bertz CT molecular complexity index is 590. The van der Waals surface area contributed by atoms with Crippen LogP contribution in [0.2, 0.25) is 0 Å². The molecule has 124 valence electrons. The molecule has 1 aromatic rings. The third-order valence-electron chi connectivity index (χ3n) is 4.78. The van der Waals surface area contributed by atoms with E-state index in [9.17, 15) is 4.79 Å². The fourth-order valence-corrected chi connectivity index (χ4v) is 3.38. The lowest BCUT2D eigenvalue weighted by atomic mass is 9.78. The first kappa shape index (κ1) is 15.8. The third kappa shape index (κ3) is 3.49. The van der Waals surface area contributed by atoms with Gasteiger partial charge in [0.1, 0.15) is 0 Å². The van der Waals surface area contributed by atoms with E-state index in [1.807, 2.05) is 4.90 Å². The first-order chi connectivity index (χ1) is 11.2. The average Bonchev–Trinajstić information content (AvgIpc) is 2.55. The summed E-state index contributed by atoms with van der Waals surface area (Å²) in [6, 6.07) is 8.65. The molecule has 5 heteroatoms. The van der Waals surface area contributed by atoms with Gasteiger partial charge < -0.3 is 15.1 Å². The summed E-state index contributed by atoms with van der Waals surface area (Å²) in [6.45, 7) is 8.72. The standard InChI is InChI=1S/C18H26N4O/c1-3-19-18(22-10-8-21(9-11-22)14(2)23)20-13-16-12-15-6-4-5-7-17(15)16/h4-7,16H,3,8-13H2,1-2H3,(H,19,20). The molecular weight excluding hydrogens is 288 g/mol. The second-order valence-corrected chi connectivity index (χ2v) is 6.29. The highest BCUT2D eigenvalue weighted by molar-refractivity contribution is 5.80. The molecule has 23 heavy (non-hydrogen) atoms. The van der Waals surface area contributed by atoms with Crippen LogP contribution in [0.4, 0.5) is 0 Å². The van der Waals surface area contributed by atoms with Crippen molar-refractivity contribution in [2.75, 3.05) is 39.3 Å². The predicted molar refractivity (Wildman–Crippen MR) is 92.7 cm³/mol. The summed E-state index contributed by atoms with van der Waals surface area (Å²) >= 11 is 0. The van der Waals surface area contributed by atoms with Gasteiger partial charge in [0.15, 0.2) is 5.96 Å². The van der Waals surface area contributed by atoms with Crippen molar-refractivity contribution in [3.8, 4) is 0 Å². The highest BCUT2D eigenvalue weighted by Crippen LogP contribution is 2.34. The number of nitrogens with zero attached hydrogens (tertiary/aromatic N) is 3. The number of guanidine groups is 1. The molecular formula is C18H26N4O. The van der Waals surface area contributed by atoms with Crippen LogP contribution < -0.4 is 5.32 Å². The molecule has 1 aliphatic heterocycles. The molecule has 5 nitrogen and oxygen atoms in total. The summed E-state index contributed by atoms with van der Waals surface area (Å²) in [5.74, 6) is 1.70. The van der Waals surface area contributed by atoms with Gasteiger partial charge in [-0.25, -0.2) is 0 Å². The number of rotatable bonds is 3. The van der Waals surface area contributed by atoms with Crippen LogP contribution in [0.15, 0.2) is 29.3 Å². The second-order valence-electron chi connectivity index (χ2n) is 6.29. The normalized spacial score (nSPS) is 20.8. The van der Waals surface area contributed by atoms with Crippen molar-refractivity contribution in [2.45, 2.75) is 26.2 Å². The molecule has 1 N–H and O–H groups in total. The molecule has 0 saturated carbocycles. The van der Waals surface area contributed by atoms with E-state index in [2.05, 4.69) is 41.4 Å². The van der Waals surface area contributed by atoms with Crippen molar-refractivity contribution in [3.63, 3.8) is 0 Å². The monoisotopic (exact) mass is 314 g/mol. The van der Waals surface area contributed by atoms with E-state index in [1.54, 1.807) is 6.92 Å². The molecule has 1 fully saturated rings. The maximum atomic E-state index is 11.4. The zero-order valence-electron chi connectivity index (χ0n) is 14.1.